The standard InChI is InChI=1S/C10H18N4O/c1-6-8(7(2)14(5)13-6)12-9(15)10(3,4)11/h11H2,1-5H3,(H,12,15). The number of hydrogen-bond acceptors (Lipinski definition) is 3. The van der Waals surface area contributed by atoms with Gasteiger partial charge in [-0.1, -0.05) is 0 Å². The third-order valence-electron chi connectivity index (χ3n) is 2.33. The topological polar surface area (TPSA) is 72.9 Å². The number of carbonyl (C=O) groups is 1. The van der Waals surface area contributed by atoms with Crippen LogP contribution in [0.4, 0.5) is 5.69 Å². The summed E-state index contributed by atoms with van der Waals surface area (Å²) >= 11 is 0. The minimum atomic E-state index is -0.880. The summed E-state index contributed by atoms with van der Waals surface area (Å²) in [6.07, 6.45) is 0. The van der Waals surface area contributed by atoms with Crippen LogP contribution in [0.15, 0.2) is 0 Å². The van der Waals surface area contributed by atoms with E-state index < -0.39 is 5.54 Å². The molecule has 0 aliphatic heterocycles. The largest absolute Gasteiger partial charge is 0.321 e. The number of carbonyl (C=O) groups excluding carboxylic acids is 1. The van der Waals surface area contributed by atoms with E-state index in [1.807, 2.05) is 20.9 Å². The van der Waals surface area contributed by atoms with E-state index in [1.54, 1.807) is 18.5 Å². The summed E-state index contributed by atoms with van der Waals surface area (Å²) in [7, 11) is 1.84. The van der Waals surface area contributed by atoms with Gasteiger partial charge in [-0.25, -0.2) is 0 Å². The molecular weight excluding hydrogens is 192 g/mol. The SMILES string of the molecule is Cc1nn(C)c(C)c1NC(=O)C(C)(C)N. The predicted octanol–water partition coefficient (Wildman–Crippen LogP) is 0.713. The van der Waals surface area contributed by atoms with Crippen LogP contribution in [0.2, 0.25) is 0 Å². The van der Waals surface area contributed by atoms with Crippen molar-refractivity contribution in [3.63, 3.8) is 0 Å². The summed E-state index contributed by atoms with van der Waals surface area (Å²) in [4.78, 5) is 11.7. The molecule has 1 aromatic heterocycles. The molecule has 5 nitrogen and oxygen atoms in total. The number of nitrogens with one attached hydrogen (secondary N) is 1. The molecule has 1 amide bonds. The zero-order valence-electron chi connectivity index (χ0n) is 9.88. The first-order valence-corrected chi connectivity index (χ1v) is 4.84. The van der Waals surface area contributed by atoms with Gasteiger partial charge >= 0.3 is 0 Å². The molecule has 1 rings (SSSR count). The first-order valence-electron chi connectivity index (χ1n) is 4.84. The van der Waals surface area contributed by atoms with Crippen molar-refractivity contribution >= 4 is 11.6 Å². The Balaban J connectivity index is 2.95. The van der Waals surface area contributed by atoms with Crippen molar-refractivity contribution in [1.82, 2.24) is 9.78 Å². The molecule has 0 aliphatic rings. The van der Waals surface area contributed by atoms with Gasteiger partial charge in [0.25, 0.3) is 0 Å². The minimum Gasteiger partial charge on any atom is -0.321 e. The number of aryl methyl sites for hydroxylation is 2. The Bertz CT molecular complexity index is 387. The van der Waals surface area contributed by atoms with Crippen LogP contribution in [0.25, 0.3) is 0 Å². The Hall–Kier alpha value is -1.36. The van der Waals surface area contributed by atoms with Gasteiger partial charge in [-0.15, -0.1) is 0 Å². The molecule has 0 aliphatic carbocycles. The van der Waals surface area contributed by atoms with Crippen molar-refractivity contribution in [2.75, 3.05) is 5.32 Å². The maximum atomic E-state index is 11.7. The van der Waals surface area contributed by atoms with Gasteiger partial charge in [-0.05, 0) is 27.7 Å². The third kappa shape index (κ3) is 2.36. The van der Waals surface area contributed by atoms with Gasteiger partial charge in [0.1, 0.15) is 0 Å². The average molecular weight is 210 g/mol. The monoisotopic (exact) mass is 210 g/mol. The zero-order chi connectivity index (χ0) is 11.8. The molecule has 0 saturated carbocycles. The fraction of sp³-hybridized carbons (Fsp3) is 0.600. The smallest absolute Gasteiger partial charge is 0.243 e. The van der Waals surface area contributed by atoms with Crippen LogP contribution in [0.5, 0.6) is 0 Å². The van der Waals surface area contributed by atoms with Gasteiger partial charge in [-0.2, -0.15) is 5.10 Å². The van der Waals surface area contributed by atoms with Crippen molar-refractivity contribution < 1.29 is 4.79 Å². The molecule has 0 unspecified atom stereocenters. The van der Waals surface area contributed by atoms with E-state index in [2.05, 4.69) is 10.4 Å². The van der Waals surface area contributed by atoms with Crippen LogP contribution in [0.1, 0.15) is 25.2 Å². The number of rotatable bonds is 2. The number of nitrogens with two attached hydrogens (primary N) is 1. The highest BCUT2D eigenvalue weighted by Gasteiger charge is 2.23. The van der Waals surface area contributed by atoms with E-state index in [0.717, 1.165) is 17.1 Å². The summed E-state index contributed by atoms with van der Waals surface area (Å²) in [6, 6.07) is 0. The van der Waals surface area contributed by atoms with Crippen molar-refractivity contribution in [1.29, 1.82) is 0 Å². The summed E-state index contributed by atoms with van der Waals surface area (Å²) in [5, 5.41) is 7.00. The van der Waals surface area contributed by atoms with E-state index in [-0.39, 0.29) is 5.91 Å². The van der Waals surface area contributed by atoms with E-state index in [4.69, 9.17) is 5.73 Å². The van der Waals surface area contributed by atoms with Crippen LogP contribution >= 0.6 is 0 Å². The van der Waals surface area contributed by atoms with Gasteiger partial charge < -0.3 is 11.1 Å². The molecule has 0 fully saturated rings. The Morgan fingerprint density at radius 1 is 1.47 bits per heavy atom. The van der Waals surface area contributed by atoms with Crippen LogP contribution < -0.4 is 11.1 Å². The Morgan fingerprint density at radius 3 is 2.33 bits per heavy atom. The summed E-state index contributed by atoms with van der Waals surface area (Å²) in [5.74, 6) is -0.207. The molecule has 3 N–H and O–H groups in total. The molecule has 84 valence electrons. The van der Waals surface area contributed by atoms with E-state index in [0.29, 0.717) is 0 Å². The molecular formula is C10H18N4O. The lowest BCUT2D eigenvalue weighted by Crippen LogP contribution is -2.45. The summed E-state index contributed by atoms with van der Waals surface area (Å²) < 4.78 is 1.73. The highest BCUT2D eigenvalue weighted by Crippen LogP contribution is 2.19. The second-order valence-corrected chi connectivity index (χ2v) is 4.35. The maximum absolute atomic E-state index is 11.7. The lowest BCUT2D eigenvalue weighted by atomic mass is 10.1. The third-order valence-corrected chi connectivity index (χ3v) is 2.33. The molecule has 15 heavy (non-hydrogen) atoms. The Morgan fingerprint density at radius 2 is 2.00 bits per heavy atom. The zero-order valence-corrected chi connectivity index (χ0v) is 9.88. The number of aromatic nitrogens is 2. The number of hydrogen-bond donors (Lipinski definition) is 2. The van der Waals surface area contributed by atoms with E-state index in [9.17, 15) is 4.79 Å². The minimum absolute atomic E-state index is 0.207. The second kappa shape index (κ2) is 3.66. The second-order valence-electron chi connectivity index (χ2n) is 4.35. The summed E-state index contributed by atoms with van der Waals surface area (Å²) in [6.45, 7) is 7.10. The molecule has 0 saturated heterocycles. The van der Waals surface area contributed by atoms with Crippen molar-refractivity contribution in [2.24, 2.45) is 12.8 Å². The van der Waals surface area contributed by atoms with Crippen molar-refractivity contribution in [2.45, 2.75) is 33.2 Å². The Kier molecular flexibility index (Phi) is 2.86. The molecule has 0 atom stereocenters. The van der Waals surface area contributed by atoms with Crippen LogP contribution in [0, 0.1) is 13.8 Å². The lowest BCUT2D eigenvalue weighted by Gasteiger charge is -2.17. The van der Waals surface area contributed by atoms with Crippen LogP contribution in [0.3, 0.4) is 0 Å². The Labute approximate surface area is 89.6 Å². The first-order chi connectivity index (χ1) is 6.73. The molecule has 5 heteroatoms. The highest BCUT2D eigenvalue weighted by atomic mass is 16.2. The molecule has 1 aromatic rings. The molecule has 0 bridgehead atoms. The molecule has 0 aromatic carbocycles. The van der Waals surface area contributed by atoms with Gasteiger partial charge in [0.2, 0.25) is 5.91 Å². The van der Waals surface area contributed by atoms with Gasteiger partial charge in [0.15, 0.2) is 0 Å². The fourth-order valence-corrected chi connectivity index (χ4v) is 1.23. The highest BCUT2D eigenvalue weighted by molar-refractivity contribution is 5.98. The lowest BCUT2D eigenvalue weighted by molar-refractivity contribution is -0.120. The number of amides is 1. The predicted molar refractivity (Wildman–Crippen MR) is 59.6 cm³/mol. The first kappa shape index (κ1) is 11.7. The van der Waals surface area contributed by atoms with E-state index >= 15 is 0 Å². The molecule has 0 radical (unpaired) electrons. The van der Waals surface area contributed by atoms with Gasteiger partial charge in [0.05, 0.1) is 22.6 Å². The van der Waals surface area contributed by atoms with Crippen LogP contribution in [-0.2, 0) is 11.8 Å². The summed E-state index contributed by atoms with van der Waals surface area (Å²) in [5.41, 5.74) is 7.29. The van der Waals surface area contributed by atoms with Gasteiger partial charge in [0, 0.05) is 7.05 Å². The molecule has 1 heterocycles. The maximum Gasteiger partial charge on any atom is 0.243 e. The van der Waals surface area contributed by atoms with Crippen molar-refractivity contribution in [3.05, 3.63) is 11.4 Å². The van der Waals surface area contributed by atoms with Crippen LogP contribution in [-0.4, -0.2) is 21.2 Å². The average Bonchev–Trinajstić information content (AvgIpc) is 2.30. The number of nitrogens with zero attached hydrogens (tertiary/aromatic N) is 2. The quantitative estimate of drug-likeness (QED) is 0.755. The van der Waals surface area contributed by atoms with Crippen molar-refractivity contribution in [3.8, 4) is 0 Å². The number of anilines is 1. The fourth-order valence-electron chi connectivity index (χ4n) is 1.23. The van der Waals surface area contributed by atoms with Gasteiger partial charge in [-0.3, -0.25) is 9.48 Å². The van der Waals surface area contributed by atoms with E-state index in [1.165, 1.54) is 0 Å². The normalized spacial score (nSPS) is 11.6. The molecule has 0 spiro atoms.